The molecule has 0 fully saturated rings. The molecule has 2 heterocycles. The van der Waals surface area contributed by atoms with Crippen LogP contribution >= 0.6 is 11.6 Å². The Bertz CT molecular complexity index is 628. The van der Waals surface area contributed by atoms with Crippen molar-refractivity contribution in [3.05, 3.63) is 46.9 Å². The van der Waals surface area contributed by atoms with Crippen molar-refractivity contribution >= 4 is 29.0 Å². The van der Waals surface area contributed by atoms with Crippen molar-refractivity contribution in [1.29, 1.82) is 0 Å². The van der Waals surface area contributed by atoms with Crippen LogP contribution in [0.4, 0.5) is 11.5 Å². The summed E-state index contributed by atoms with van der Waals surface area (Å²) in [6.07, 6.45) is 4.03. The Morgan fingerprint density at radius 1 is 1.29 bits per heavy atom. The summed E-state index contributed by atoms with van der Waals surface area (Å²) < 4.78 is 0. The van der Waals surface area contributed by atoms with E-state index in [9.17, 15) is 4.79 Å². The van der Waals surface area contributed by atoms with Crippen LogP contribution in [0.15, 0.2) is 30.6 Å². The second-order valence-electron chi connectivity index (χ2n) is 4.61. The van der Waals surface area contributed by atoms with E-state index in [1.807, 2.05) is 13.0 Å². The number of anilines is 2. The van der Waals surface area contributed by atoms with E-state index in [-0.39, 0.29) is 5.91 Å². The van der Waals surface area contributed by atoms with Gasteiger partial charge in [-0.3, -0.25) is 9.78 Å². The highest BCUT2D eigenvalue weighted by Crippen LogP contribution is 2.18. The molecule has 0 saturated carbocycles. The summed E-state index contributed by atoms with van der Waals surface area (Å²) in [4.78, 5) is 20.6. The lowest BCUT2D eigenvalue weighted by Crippen LogP contribution is -2.16. The predicted octanol–water partition coefficient (Wildman–Crippen LogP) is 3.51. The number of aromatic nitrogens is 2. The molecule has 0 unspecified atom stereocenters. The standard InChI is InChI=1S/C15H17ClN4O/c1-3-6-17-13-7-10(2)18-9-12(13)15(21)20-14-5-4-11(16)8-19-14/h4-5,7-9H,3,6H2,1-2H3,(H,17,18)(H,19,20,21). The molecule has 0 aliphatic carbocycles. The zero-order valence-electron chi connectivity index (χ0n) is 12.0. The van der Waals surface area contributed by atoms with E-state index < -0.39 is 0 Å². The third kappa shape index (κ3) is 4.16. The first kappa shape index (κ1) is 15.3. The molecular weight excluding hydrogens is 288 g/mol. The highest BCUT2D eigenvalue weighted by atomic mass is 35.5. The van der Waals surface area contributed by atoms with Crippen LogP contribution in [0.2, 0.25) is 5.02 Å². The highest BCUT2D eigenvalue weighted by Gasteiger charge is 2.13. The van der Waals surface area contributed by atoms with Crippen molar-refractivity contribution in [2.45, 2.75) is 20.3 Å². The zero-order chi connectivity index (χ0) is 15.2. The largest absolute Gasteiger partial charge is 0.384 e. The van der Waals surface area contributed by atoms with Crippen LogP contribution in [0.25, 0.3) is 0 Å². The normalized spacial score (nSPS) is 10.2. The van der Waals surface area contributed by atoms with Crippen LogP contribution in [-0.4, -0.2) is 22.4 Å². The number of hydrogen-bond acceptors (Lipinski definition) is 4. The summed E-state index contributed by atoms with van der Waals surface area (Å²) in [6, 6.07) is 5.19. The molecule has 2 N–H and O–H groups in total. The third-order valence-corrected chi connectivity index (χ3v) is 3.04. The molecule has 110 valence electrons. The first-order valence-corrected chi connectivity index (χ1v) is 7.11. The van der Waals surface area contributed by atoms with E-state index in [0.29, 0.717) is 16.4 Å². The summed E-state index contributed by atoms with van der Waals surface area (Å²) in [6.45, 7) is 4.75. The molecule has 6 heteroatoms. The maximum absolute atomic E-state index is 12.3. The van der Waals surface area contributed by atoms with E-state index >= 15 is 0 Å². The molecule has 0 bridgehead atoms. The van der Waals surface area contributed by atoms with E-state index in [0.717, 1.165) is 24.3 Å². The van der Waals surface area contributed by atoms with Gasteiger partial charge in [0.05, 0.1) is 16.3 Å². The fourth-order valence-corrected chi connectivity index (χ4v) is 1.89. The predicted molar refractivity (Wildman–Crippen MR) is 85.0 cm³/mol. The molecular formula is C15H17ClN4O. The number of pyridine rings is 2. The van der Waals surface area contributed by atoms with Crippen LogP contribution < -0.4 is 10.6 Å². The zero-order valence-corrected chi connectivity index (χ0v) is 12.7. The van der Waals surface area contributed by atoms with Crippen LogP contribution in [0.3, 0.4) is 0 Å². The Kier molecular flexibility index (Phi) is 5.11. The van der Waals surface area contributed by atoms with Crippen molar-refractivity contribution in [3.63, 3.8) is 0 Å². The molecule has 2 aromatic heterocycles. The second kappa shape index (κ2) is 7.04. The van der Waals surface area contributed by atoms with Crippen molar-refractivity contribution in [1.82, 2.24) is 9.97 Å². The first-order valence-electron chi connectivity index (χ1n) is 6.73. The molecule has 0 atom stereocenters. The van der Waals surface area contributed by atoms with Crippen LogP contribution in [-0.2, 0) is 0 Å². The van der Waals surface area contributed by atoms with Crippen LogP contribution in [0, 0.1) is 6.92 Å². The molecule has 2 aromatic rings. The number of aryl methyl sites for hydroxylation is 1. The summed E-state index contributed by atoms with van der Waals surface area (Å²) in [5.74, 6) is 0.197. The van der Waals surface area contributed by atoms with Gasteiger partial charge in [-0.25, -0.2) is 4.98 Å². The fourth-order valence-electron chi connectivity index (χ4n) is 1.78. The molecule has 5 nitrogen and oxygen atoms in total. The smallest absolute Gasteiger partial charge is 0.260 e. The molecule has 21 heavy (non-hydrogen) atoms. The third-order valence-electron chi connectivity index (χ3n) is 2.82. The van der Waals surface area contributed by atoms with Crippen molar-refractivity contribution in [3.8, 4) is 0 Å². The molecule has 0 radical (unpaired) electrons. The van der Waals surface area contributed by atoms with Crippen molar-refractivity contribution in [2.75, 3.05) is 17.2 Å². The van der Waals surface area contributed by atoms with E-state index in [1.54, 1.807) is 18.3 Å². The SMILES string of the molecule is CCCNc1cc(C)ncc1C(=O)Nc1ccc(Cl)cn1. The van der Waals surface area contributed by atoms with Gasteiger partial charge >= 0.3 is 0 Å². The average molecular weight is 305 g/mol. The Morgan fingerprint density at radius 2 is 2.10 bits per heavy atom. The number of rotatable bonds is 5. The van der Waals surface area contributed by atoms with E-state index in [2.05, 4.69) is 27.5 Å². The van der Waals surface area contributed by atoms with Gasteiger partial charge in [0, 0.05) is 24.6 Å². The Hall–Kier alpha value is -2.14. The Labute approximate surface area is 128 Å². The summed E-state index contributed by atoms with van der Waals surface area (Å²) in [5, 5.41) is 6.49. The van der Waals surface area contributed by atoms with Crippen molar-refractivity contribution in [2.24, 2.45) is 0 Å². The molecule has 1 amide bonds. The summed E-state index contributed by atoms with van der Waals surface area (Å²) in [5.41, 5.74) is 2.12. The van der Waals surface area contributed by atoms with Crippen LogP contribution in [0.5, 0.6) is 0 Å². The monoisotopic (exact) mass is 304 g/mol. The summed E-state index contributed by atoms with van der Waals surface area (Å²) in [7, 11) is 0. The van der Waals surface area contributed by atoms with Gasteiger partial charge in [-0.15, -0.1) is 0 Å². The van der Waals surface area contributed by atoms with Gasteiger partial charge in [0.25, 0.3) is 5.91 Å². The number of halogens is 1. The number of nitrogens with zero attached hydrogens (tertiary/aromatic N) is 2. The van der Waals surface area contributed by atoms with E-state index in [4.69, 9.17) is 11.6 Å². The lowest BCUT2D eigenvalue weighted by Gasteiger charge is -2.12. The van der Waals surface area contributed by atoms with Gasteiger partial charge in [0.15, 0.2) is 0 Å². The minimum absolute atomic E-state index is 0.254. The maximum Gasteiger partial charge on any atom is 0.260 e. The van der Waals surface area contributed by atoms with Gasteiger partial charge < -0.3 is 10.6 Å². The Balaban J connectivity index is 2.19. The van der Waals surface area contributed by atoms with Gasteiger partial charge in [0.2, 0.25) is 0 Å². The maximum atomic E-state index is 12.3. The Morgan fingerprint density at radius 3 is 2.76 bits per heavy atom. The lowest BCUT2D eigenvalue weighted by atomic mass is 10.2. The fraction of sp³-hybridized carbons (Fsp3) is 0.267. The minimum Gasteiger partial charge on any atom is -0.384 e. The molecule has 0 aromatic carbocycles. The lowest BCUT2D eigenvalue weighted by molar-refractivity contribution is 0.102. The number of carbonyl (C=O) groups is 1. The van der Waals surface area contributed by atoms with Gasteiger partial charge in [-0.2, -0.15) is 0 Å². The second-order valence-corrected chi connectivity index (χ2v) is 5.05. The first-order chi connectivity index (χ1) is 10.1. The number of nitrogens with one attached hydrogen (secondary N) is 2. The van der Waals surface area contributed by atoms with E-state index in [1.165, 1.54) is 6.20 Å². The highest BCUT2D eigenvalue weighted by molar-refractivity contribution is 6.30. The number of amides is 1. The van der Waals surface area contributed by atoms with Crippen LogP contribution in [0.1, 0.15) is 29.4 Å². The molecule has 0 spiro atoms. The number of carbonyl (C=O) groups excluding carboxylic acids is 1. The molecule has 0 aliphatic rings. The number of hydrogen-bond donors (Lipinski definition) is 2. The average Bonchev–Trinajstić information content (AvgIpc) is 2.47. The van der Waals surface area contributed by atoms with Gasteiger partial charge in [0.1, 0.15) is 5.82 Å². The molecule has 0 aliphatic heterocycles. The topological polar surface area (TPSA) is 66.9 Å². The van der Waals surface area contributed by atoms with Gasteiger partial charge in [-0.1, -0.05) is 18.5 Å². The van der Waals surface area contributed by atoms with Crippen molar-refractivity contribution < 1.29 is 4.79 Å². The summed E-state index contributed by atoms with van der Waals surface area (Å²) >= 11 is 5.77. The van der Waals surface area contributed by atoms with Gasteiger partial charge in [-0.05, 0) is 31.5 Å². The molecule has 2 rings (SSSR count). The quantitative estimate of drug-likeness (QED) is 0.887. The molecule has 0 saturated heterocycles. The minimum atomic E-state index is -0.254.